The fourth-order valence-corrected chi connectivity index (χ4v) is 3.68. The number of aromatic nitrogens is 2. The predicted molar refractivity (Wildman–Crippen MR) is 112 cm³/mol. The summed E-state index contributed by atoms with van der Waals surface area (Å²) in [7, 11) is -3.42. The Morgan fingerprint density at radius 1 is 1.14 bits per heavy atom. The summed E-state index contributed by atoms with van der Waals surface area (Å²) in [4.78, 5) is 11.0. The summed E-state index contributed by atoms with van der Waals surface area (Å²) in [6, 6.07) is 11.1. The highest BCUT2D eigenvalue weighted by Gasteiger charge is 2.14. The van der Waals surface area contributed by atoms with E-state index in [1.807, 2.05) is 31.2 Å². The lowest BCUT2D eigenvalue weighted by Crippen LogP contribution is -2.37. The molecule has 9 nitrogen and oxygen atoms in total. The number of rotatable bonds is 10. The number of anilines is 2. The van der Waals surface area contributed by atoms with E-state index in [2.05, 4.69) is 24.9 Å². The third kappa shape index (κ3) is 7.15. The topological polar surface area (TPSA) is 106 Å². The molecule has 1 aliphatic heterocycles. The molecule has 0 aliphatic carbocycles. The van der Waals surface area contributed by atoms with E-state index in [1.165, 1.54) is 0 Å². The summed E-state index contributed by atoms with van der Waals surface area (Å²) in [6.07, 6.45) is 0. The Hall–Kier alpha value is -2.43. The number of morpholine rings is 1. The third-order valence-corrected chi connectivity index (χ3v) is 5.62. The highest BCUT2D eigenvalue weighted by molar-refractivity contribution is 7.89. The lowest BCUT2D eigenvalue weighted by atomic mass is 10.3. The molecule has 1 aromatic carbocycles. The summed E-state index contributed by atoms with van der Waals surface area (Å²) in [5.41, 5.74) is 0.850. The molecule has 158 valence electrons. The molecular weight excluding hydrogens is 394 g/mol. The van der Waals surface area contributed by atoms with E-state index in [0.717, 1.165) is 24.6 Å². The zero-order valence-corrected chi connectivity index (χ0v) is 17.3. The van der Waals surface area contributed by atoms with Crippen LogP contribution in [0.3, 0.4) is 0 Å². The maximum Gasteiger partial charge on any atom is 0.224 e. The van der Waals surface area contributed by atoms with Crippen LogP contribution in [0.15, 0.2) is 36.4 Å². The number of hydrogen-bond donors (Lipinski definition) is 2. The Morgan fingerprint density at radius 2 is 1.90 bits per heavy atom. The lowest BCUT2D eigenvalue weighted by Gasteiger charge is -2.28. The average molecular weight is 422 g/mol. The largest absolute Gasteiger partial charge is 0.492 e. The van der Waals surface area contributed by atoms with Crippen molar-refractivity contribution < 1.29 is 17.9 Å². The fourth-order valence-electron chi connectivity index (χ4n) is 2.82. The first kappa shape index (κ1) is 21.3. The van der Waals surface area contributed by atoms with Crippen LogP contribution < -0.4 is 19.7 Å². The Kier molecular flexibility index (Phi) is 7.62. The monoisotopic (exact) mass is 421 g/mol. The van der Waals surface area contributed by atoms with Gasteiger partial charge in [-0.2, -0.15) is 4.98 Å². The van der Waals surface area contributed by atoms with E-state index in [9.17, 15) is 8.42 Å². The van der Waals surface area contributed by atoms with E-state index < -0.39 is 10.0 Å². The second-order valence-electron chi connectivity index (χ2n) is 6.59. The number of aryl methyl sites for hydroxylation is 1. The summed E-state index contributed by atoms with van der Waals surface area (Å²) >= 11 is 0. The van der Waals surface area contributed by atoms with Crippen molar-refractivity contribution in [3.63, 3.8) is 0 Å². The number of ether oxygens (including phenoxy) is 2. The van der Waals surface area contributed by atoms with Crippen LogP contribution in [-0.2, 0) is 14.8 Å². The lowest BCUT2D eigenvalue weighted by molar-refractivity contribution is 0.122. The van der Waals surface area contributed by atoms with E-state index in [-0.39, 0.29) is 18.9 Å². The molecule has 10 heteroatoms. The Morgan fingerprint density at radius 3 is 2.66 bits per heavy atom. The summed E-state index contributed by atoms with van der Waals surface area (Å²) in [5.74, 6) is 1.88. The van der Waals surface area contributed by atoms with Crippen LogP contribution in [0.1, 0.15) is 5.69 Å². The van der Waals surface area contributed by atoms with Crippen molar-refractivity contribution in [1.29, 1.82) is 0 Å². The van der Waals surface area contributed by atoms with Crippen LogP contribution in [0.4, 0.5) is 11.8 Å². The molecule has 1 fully saturated rings. The van der Waals surface area contributed by atoms with Crippen molar-refractivity contribution >= 4 is 21.8 Å². The van der Waals surface area contributed by atoms with Gasteiger partial charge in [-0.1, -0.05) is 18.2 Å². The molecule has 0 radical (unpaired) electrons. The average Bonchev–Trinajstić information content (AvgIpc) is 2.72. The van der Waals surface area contributed by atoms with E-state index in [0.29, 0.717) is 31.5 Å². The van der Waals surface area contributed by atoms with Gasteiger partial charge in [0.15, 0.2) is 0 Å². The molecule has 1 saturated heterocycles. The molecule has 2 N–H and O–H groups in total. The van der Waals surface area contributed by atoms with Crippen LogP contribution >= 0.6 is 0 Å². The van der Waals surface area contributed by atoms with Crippen LogP contribution in [0.25, 0.3) is 0 Å². The number of nitrogens with zero attached hydrogens (tertiary/aromatic N) is 3. The van der Waals surface area contributed by atoms with Crippen molar-refractivity contribution in [3.8, 4) is 5.75 Å². The minimum atomic E-state index is -3.42. The Balaban J connectivity index is 1.41. The highest BCUT2D eigenvalue weighted by atomic mass is 32.2. The molecule has 0 amide bonds. The maximum absolute atomic E-state index is 12.1. The van der Waals surface area contributed by atoms with Gasteiger partial charge in [0.05, 0.1) is 19.0 Å². The fraction of sp³-hybridized carbons (Fsp3) is 0.474. The van der Waals surface area contributed by atoms with Crippen LogP contribution in [0.5, 0.6) is 5.75 Å². The quantitative estimate of drug-likeness (QED) is 0.548. The van der Waals surface area contributed by atoms with Gasteiger partial charge in [-0.25, -0.2) is 18.1 Å². The van der Waals surface area contributed by atoms with Crippen molar-refractivity contribution in [2.75, 3.05) is 62.0 Å². The molecular formula is C19H27N5O4S. The van der Waals surface area contributed by atoms with Crippen molar-refractivity contribution in [1.82, 2.24) is 14.7 Å². The summed E-state index contributed by atoms with van der Waals surface area (Å²) in [5, 5.41) is 3.08. The molecule has 3 rings (SSSR count). The van der Waals surface area contributed by atoms with Gasteiger partial charge >= 0.3 is 0 Å². The van der Waals surface area contributed by atoms with Crippen molar-refractivity contribution in [2.45, 2.75) is 6.92 Å². The van der Waals surface area contributed by atoms with Gasteiger partial charge in [0.2, 0.25) is 16.0 Å². The minimum Gasteiger partial charge on any atom is -0.492 e. The SMILES string of the molecule is Cc1cc(N2CCOCC2)nc(NCCNS(=O)(=O)CCOc2ccccc2)n1. The van der Waals surface area contributed by atoms with Crippen LogP contribution in [0.2, 0.25) is 0 Å². The van der Waals surface area contributed by atoms with Gasteiger partial charge in [-0.05, 0) is 19.1 Å². The van der Waals surface area contributed by atoms with E-state index in [1.54, 1.807) is 12.1 Å². The standard InChI is InChI=1S/C19H27N5O4S/c1-16-15-18(24-9-11-27-12-10-24)23-19(22-16)20-7-8-21-29(25,26)14-13-28-17-5-3-2-4-6-17/h2-6,15,21H,7-14H2,1H3,(H,20,22,23). The maximum atomic E-state index is 12.1. The molecule has 1 aromatic heterocycles. The number of hydrogen-bond acceptors (Lipinski definition) is 8. The Labute approximate surface area is 171 Å². The van der Waals surface area contributed by atoms with Crippen molar-refractivity contribution in [2.24, 2.45) is 0 Å². The van der Waals surface area contributed by atoms with Crippen LogP contribution in [-0.4, -0.2) is 70.1 Å². The molecule has 29 heavy (non-hydrogen) atoms. The van der Waals surface area contributed by atoms with Crippen LogP contribution in [0, 0.1) is 6.92 Å². The molecule has 1 aliphatic rings. The van der Waals surface area contributed by atoms with Gasteiger partial charge in [-0.3, -0.25) is 0 Å². The van der Waals surface area contributed by atoms with Gasteiger partial charge in [0.1, 0.15) is 18.2 Å². The van der Waals surface area contributed by atoms with Crippen molar-refractivity contribution in [3.05, 3.63) is 42.1 Å². The van der Waals surface area contributed by atoms with Gasteiger partial charge in [-0.15, -0.1) is 0 Å². The van der Waals surface area contributed by atoms with Gasteiger partial charge in [0, 0.05) is 37.9 Å². The second-order valence-corrected chi connectivity index (χ2v) is 8.52. The molecule has 0 spiro atoms. The third-order valence-electron chi connectivity index (χ3n) is 4.27. The molecule has 0 saturated carbocycles. The number of para-hydroxylation sites is 1. The zero-order valence-electron chi connectivity index (χ0n) is 16.5. The first-order valence-corrected chi connectivity index (χ1v) is 11.2. The van der Waals surface area contributed by atoms with Gasteiger partial charge in [0.25, 0.3) is 0 Å². The number of nitrogens with one attached hydrogen (secondary N) is 2. The predicted octanol–water partition coefficient (Wildman–Crippen LogP) is 1.03. The zero-order chi connectivity index (χ0) is 20.5. The molecule has 2 heterocycles. The summed E-state index contributed by atoms with van der Waals surface area (Å²) in [6.45, 7) is 5.57. The molecule has 0 bridgehead atoms. The van der Waals surface area contributed by atoms with Gasteiger partial charge < -0.3 is 19.7 Å². The minimum absolute atomic E-state index is 0.0939. The Bertz CT molecular complexity index is 873. The summed E-state index contributed by atoms with van der Waals surface area (Å²) < 4.78 is 37.5. The second kappa shape index (κ2) is 10.4. The van der Waals surface area contributed by atoms with E-state index in [4.69, 9.17) is 9.47 Å². The first-order valence-electron chi connectivity index (χ1n) is 9.59. The first-order chi connectivity index (χ1) is 14.0. The molecule has 0 atom stereocenters. The molecule has 0 unspecified atom stereocenters. The van der Waals surface area contributed by atoms with E-state index >= 15 is 0 Å². The highest BCUT2D eigenvalue weighted by Crippen LogP contribution is 2.16. The number of benzene rings is 1. The number of sulfonamides is 1. The molecule has 2 aromatic rings. The smallest absolute Gasteiger partial charge is 0.224 e. The normalized spacial score (nSPS) is 14.6.